The van der Waals surface area contributed by atoms with Gasteiger partial charge < -0.3 is 47.0 Å². The summed E-state index contributed by atoms with van der Waals surface area (Å²) in [4.78, 5) is 66.5. The number of hydrogen-bond donors (Lipinski definition) is 6. The van der Waals surface area contributed by atoms with Crippen LogP contribution in [0.2, 0.25) is 0 Å². The second-order valence-electron chi connectivity index (χ2n) is 35.0. The first-order valence-electron chi connectivity index (χ1n) is 46.9. The Kier molecular flexibility index (Phi) is 39.0. The van der Waals surface area contributed by atoms with E-state index in [0.717, 1.165) is 72.9 Å². The van der Waals surface area contributed by atoms with E-state index in [9.17, 15) is 36.0 Å². The normalized spacial score (nSPS) is 11.9. The molecule has 0 radical (unpaired) electrons. The second kappa shape index (κ2) is 51.4. The maximum Gasteiger partial charge on any atom is 0.338 e. The van der Waals surface area contributed by atoms with Crippen LogP contribution in [-0.4, -0.2) is 121 Å². The summed E-state index contributed by atoms with van der Waals surface area (Å²) in [5.41, 5.74) is 9.64. The number of hydrogen-bond acceptors (Lipinski definition) is 19. The maximum absolute atomic E-state index is 14.3. The van der Waals surface area contributed by atoms with Crippen LogP contribution in [0.15, 0.2) is 217 Å². The maximum atomic E-state index is 14.3. The number of Topliss-reactive ketones (excluding diaryl/α,β-unsaturated/α-hetero) is 1. The van der Waals surface area contributed by atoms with Gasteiger partial charge in [-0.05, 0) is 198 Å². The molecule has 0 spiro atoms. The Hall–Kier alpha value is -13.8. The number of ether oxygens (including phenoxy) is 6. The van der Waals surface area contributed by atoms with E-state index in [1.54, 1.807) is 133 Å². The van der Waals surface area contributed by atoms with Crippen molar-refractivity contribution in [2.75, 3.05) is 58.4 Å². The summed E-state index contributed by atoms with van der Waals surface area (Å²) in [7, 11) is -1.05. The number of nitrogens with zero attached hydrogens (tertiary/aromatic N) is 7. The lowest BCUT2D eigenvalue weighted by Crippen LogP contribution is -2.40. The number of carbonyl (C=O) groups excluding carboxylic acids is 4. The Morgan fingerprint density at radius 3 is 1.63 bits per heavy atom. The quantitative estimate of drug-likeness (QED) is 0.00678. The molecular formula is C106H127N13O16S3. The third-order valence-corrected chi connectivity index (χ3v) is 25.0. The highest BCUT2D eigenvalue weighted by Gasteiger charge is 2.33. The van der Waals surface area contributed by atoms with E-state index in [2.05, 4.69) is 86.2 Å². The lowest BCUT2D eigenvalue weighted by molar-refractivity contribution is -0.120. The highest BCUT2D eigenvalue weighted by molar-refractivity contribution is 7.92. The topological polar surface area (TPSA) is 345 Å². The van der Waals surface area contributed by atoms with Gasteiger partial charge in [0.25, 0.3) is 21.8 Å². The number of aromatic amines is 2. The fourth-order valence-corrected chi connectivity index (χ4v) is 17.3. The number of amides is 2. The lowest BCUT2D eigenvalue weighted by Gasteiger charge is -2.19. The molecule has 13 aromatic rings. The minimum absolute atomic E-state index is 0.0161. The van der Waals surface area contributed by atoms with Crippen molar-refractivity contribution in [1.82, 2.24) is 34.4 Å². The van der Waals surface area contributed by atoms with Crippen molar-refractivity contribution in [1.29, 1.82) is 0 Å². The molecular weight excluding hydrogens is 1810 g/mol. The van der Waals surface area contributed by atoms with Crippen molar-refractivity contribution in [2.24, 2.45) is 0 Å². The fraction of sp³-hybridized carbons (Fsp3) is 0.358. The van der Waals surface area contributed by atoms with Crippen LogP contribution in [0.4, 0.5) is 34.1 Å². The SMILES string of the molecule is CCCCCCCCOc1ccc(C)cc1OS(=O)Nc1ccc(-c2nc3cc(C(C)(C)C)[nH]n3n2)c(NS(=O)(=O)c2cc(C)ccc2OCCCCCCCC)c1.COc1ccc(C)cc1NC(=O)C(Oc1ccc(C(=O)OC(C)C)cc1)C(=O)c1ccccc1.[C-]#[N+]c1cn2[nH]c(-c3cccc(NS(=O)Oc4cc(C)ccc4OCCCCCCCC)c3)nc2c1C(=O)N(C)c1ccccc1. The Balaban J connectivity index is 0.000000205. The van der Waals surface area contributed by atoms with Gasteiger partial charge in [-0.1, -0.05) is 223 Å². The molecule has 138 heavy (non-hydrogen) atoms. The van der Waals surface area contributed by atoms with Crippen LogP contribution >= 0.6 is 0 Å². The zero-order valence-corrected chi connectivity index (χ0v) is 83.5. The van der Waals surface area contributed by atoms with Crippen molar-refractivity contribution in [3.63, 3.8) is 0 Å². The van der Waals surface area contributed by atoms with Crippen LogP contribution in [-0.2, 0) is 47.5 Å². The van der Waals surface area contributed by atoms with Gasteiger partial charge in [-0.3, -0.25) is 43.3 Å². The summed E-state index contributed by atoms with van der Waals surface area (Å²) in [6, 6.07) is 59.3. The predicted octanol–water partition coefficient (Wildman–Crippen LogP) is 24.1. The van der Waals surface area contributed by atoms with Gasteiger partial charge in [-0.25, -0.2) is 28.0 Å². The molecule has 0 aliphatic carbocycles. The Bertz CT molecular complexity index is 6410. The third kappa shape index (κ3) is 30.4. The number of nitrogens with one attached hydrogen (secondary N) is 6. The number of methoxy groups -OCH3 is 1. The largest absolute Gasteiger partial charge is 0.495 e. The van der Waals surface area contributed by atoms with E-state index in [1.807, 2.05) is 113 Å². The molecule has 0 aliphatic rings. The molecule has 0 saturated heterocycles. The predicted molar refractivity (Wildman–Crippen MR) is 546 cm³/mol. The highest BCUT2D eigenvalue weighted by atomic mass is 32.2. The molecule has 4 aromatic heterocycles. The summed E-state index contributed by atoms with van der Waals surface area (Å²) in [5, 5.41) is 13.8. The van der Waals surface area contributed by atoms with Crippen LogP contribution in [0.1, 0.15) is 230 Å². The van der Waals surface area contributed by atoms with Gasteiger partial charge in [0.05, 0.1) is 73.5 Å². The van der Waals surface area contributed by atoms with Gasteiger partial charge in [-0.2, -0.15) is 13.0 Å². The molecule has 9 aromatic carbocycles. The van der Waals surface area contributed by atoms with Crippen molar-refractivity contribution < 1.29 is 72.8 Å². The van der Waals surface area contributed by atoms with Gasteiger partial charge in [-0.15, -0.1) is 5.10 Å². The van der Waals surface area contributed by atoms with Crippen molar-refractivity contribution in [2.45, 2.75) is 221 Å². The summed E-state index contributed by atoms with van der Waals surface area (Å²) in [5.74, 6) is 1.58. The second-order valence-corrected chi connectivity index (χ2v) is 38.3. The minimum Gasteiger partial charge on any atom is -0.495 e. The number of esters is 1. The van der Waals surface area contributed by atoms with Crippen LogP contribution in [0, 0.1) is 34.3 Å². The number of carbonyl (C=O) groups is 4. The molecule has 2 amide bonds. The number of para-hydroxylation sites is 1. The lowest BCUT2D eigenvalue weighted by atomic mass is 9.93. The van der Waals surface area contributed by atoms with E-state index in [0.29, 0.717) is 117 Å². The number of unbranched alkanes of at least 4 members (excludes halogenated alkanes) is 15. The first-order chi connectivity index (χ1) is 66.4. The van der Waals surface area contributed by atoms with Crippen molar-refractivity contribution in [3.05, 3.63) is 269 Å². The van der Waals surface area contributed by atoms with Gasteiger partial charge in [0.15, 0.2) is 45.9 Å². The number of ketones is 1. The molecule has 3 atom stereocenters. The van der Waals surface area contributed by atoms with E-state index in [1.165, 1.54) is 107 Å². The summed E-state index contributed by atoms with van der Waals surface area (Å²) < 4.78 is 113. The van der Waals surface area contributed by atoms with Crippen LogP contribution in [0.5, 0.6) is 40.2 Å². The van der Waals surface area contributed by atoms with E-state index in [-0.39, 0.29) is 50.8 Å². The first-order valence-corrected chi connectivity index (χ1v) is 50.6. The molecule has 0 saturated carbocycles. The average molecular weight is 1940 g/mol. The van der Waals surface area contributed by atoms with Gasteiger partial charge in [0, 0.05) is 52.8 Å². The van der Waals surface area contributed by atoms with E-state index < -0.39 is 56.3 Å². The van der Waals surface area contributed by atoms with E-state index in [4.69, 9.17) is 48.3 Å². The Morgan fingerprint density at radius 1 is 0.551 bits per heavy atom. The molecule has 29 nitrogen and oxygen atoms in total. The smallest absolute Gasteiger partial charge is 0.338 e. The Morgan fingerprint density at radius 2 is 1.08 bits per heavy atom. The Labute approximate surface area is 814 Å². The first kappa shape index (κ1) is 105. The summed E-state index contributed by atoms with van der Waals surface area (Å²) in [6.07, 6.45) is 20.2. The summed E-state index contributed by atoms with van der Waals surface area (Å²) in [6.45, 7) is 33.1. The molecule has 13 rings (SSSR count). The average Bonchev–Trinajstić information content (AvgIpc) is 1.60. The number of H-pyrrole nitrogens is 2. The fourth-order valence-electron chi connectivity index (χ4n) is 14.7. The van der Waals surface area contributed by atoms with Crippen molar-refractivity contribution >= 4 is 102 Å². The molecule has 3 unspecified atom stereocenters. The molecule has 0 aliphatic heterocycles. The minimum atomic E-state index is -4.21. The monoisotopic (exact) mass is 1930 g/mol. The van der Waals surface area contributed by atoms with Gasteiger partial charge in [0.1, 0.15) is 22.1 Å². The van der Waals surface area contributed by atoms with E-state index >= 15 is 0 Å². The van der Waals surface area contributed by atoms with Crippen LogP contribution in [0.25, 0.3) is 38.9 Å². The van der Waals surface area contributed by atoms with Gasteiger partial charge >= 0.3 is 28.5 Å². The highest BCUT2D eigenvalue weighted by Crippen LogP contribution is 2.39. The zero-order chi connectivity index (χ0) is 98.8. The number of aryl methyl sites for hydroxylation is 4. The molecule has 32 heteroatoms. The number of fused-ring (bicyclic) bond motifs is 2. The summed E-state index contributed by atoms with van der Waals surface area (Å²) >= 11 is -3.98. The number of rotatable bonds is 48. The molecule has 0 fully saturated rings. The number of benzene rings is 9. The van der Waals surface area contributed by atoms with Crippen LogP contribution < -0.4 is 56.4 Å². The molecule has 4 heterocycles. The zero-order valence-electron chi connectivity index (χ0n) is 81.1. The van der Waals surface area contributed by atoms with Crippen molar-refractivity contribution in [3.8, 4) is 63.0 Å². The number of anilines is 5. The number of aromatic nitrogens is 7. The molecule has 0 bridgehead atoms. The standard InChI is InChI=1S/C44H62N6O6S2.C35H38N6O4S.C27H27NO6/c1-8-10-12-14-16-18-26-54-37-24-20-32(3)28-39(37)56-57(51)48-34-22-23-35(43-45-42-31-41(44(5,6)7)46-50(42)47-43)36(30-34)49-58(52,53)40-29-33(4)21-25-38(40)55-27-19-17-15-13-11-9-2;1-5-6-7-8-9-13-21-44-30-20-19-25(2)22-31(30)45-46(43)39-27-16-14-15-26(23-27)33-37-34-32(29(36-3)24-41(34)38-33)35(42)40(4)28-17-11-10-12-18-28;1-17(2)33-27(31)20-11-13-21(14-12-20)34-25(24(29)19-8-6-5-7-9-19)26(30)28-22-16-18(3)10-15-23(22)32-4/h20-25,28-31,46,48-49H,8-19,26-27H2,1-7H3;10-12,14-20,22-24,39H,5-9,13,21H2,1-2,4H3,(H,37,38);5-17,25H,1-4H3,(H,28,30). The third-order valence-electron chi connectivity index (χ3n) is 22.2. The molecule has 6 N–H and O–H groups in total. The molecule has 730 valence electrons. The van der Waals surface area contributed by atoms with Gasteiger partial charge in [0.2, 0.25) is 17.6 Å². The number of sulfonamides is 1. The van der Waals surface area contributed by atoms with Crippen LogP contribution in [0.3, 0.4) is 0 Å².